The molecule has 22 heavy (non-hydrogen) atoms. The molecule has 120 valence electrons. The monoisotopic (exact) mass is 308 g/mol. The Hall–Kier alpha value is -1.50. The first-order chi connectivity index (χ1) is 10.8. The molecule has 3 atom stereocenters. The molecule has 0 spiro atoms. The van der Waals surface area contributed by atoms with Crippen LogP contribution in [0, 0.1) is 6.92 Å². The molecule has 1 aromatic rings. The zero-order valence-corrected chi connectivity index (χ0v) is 12.6. The Kier molecular flexibility index (Phi) is 3.82. The molecule has 0 radical (unpaired) electrons. The van der Waals surface area contributed by atoms with Crippen LogP contribution in [0.25, 0.3) is 0 Å². The fraction of sp³-hybridized carbons (Fsp3) is 0.625. The van der Waals surface area contributed by atoms with Gasteiger partial charge in [0.25, 0.3) is 0 Å². The second-order valence-electron chi connectivity index (χ2n) is 5.89. The fourth-order valence-corrected chi connectivity index (χ4v) is 2.10. The highest BCUT2D eigenvalue weighted by Crippen LogP contribution is 2.40. The van der Waals surface area contributed by atoms with Crippen molar-refractivity contribution in [2.45, 2.75) is 25.2 Å². The standard InChI is InChI=1S/C16H20O6/c1-10-2-14(20-7-11-4-17-11)16(22-9-13-6-19-13)15(3-10)21-8-12-5-18-12/h2-3,11-13H,4-9H2,1H3. The SMILES string of the molecule is Cc1cc(OCC2CO2)c(OCC2CO2)c(OCC2CO2)c1. The Morgan fingerprint density at radius 2 is 1.23 bits per heavy atom. The minimum absolute atomic E-state index is 0.181. The summed E-state index contributed by atoms with van der Waals surface area (Å²) in [5.74, 6) is 2.04. The zero-order chi connectivity index (χ0) is 14.9. The van der Waals surface area contributed by atoms with E-state index in [4.69, 9.17) is 28.4 Å². The van der Waals surface area contributed by atoms with Crippen molar-refractivity contribution in [1.29, 1.82) is 0 Å². The van der Waals surface area contributed by atoms with Crippen LogP contribution in [-0.4, -0.2) is 58.0 Å². The Morgan fingerprint density at radius 3 is 1.64 bits per heavy atom. The second-order valence-corrected chi connectivity index (χ2v) is 5.89. The van der Waals surface area contributed by atoms with Gasteiger partial charge >= 0.3 is 0 Å². The maximum absolute atomic E-state index is 5.90. The van der Waals surface area contributed by atoms with Crippen LogP contribution < -0.4 is 14.2 Å². The Bertz CT molecular complexity index is 496. The fourth-order valence-electron chi connectivity index (χ4n) is 2.10. The number of aryl methyl sites for hydroxylation is 1. The summed E-state index contributed by atoms with van der Waals surface area (Å²) in [6, 6.07) is 3.93. The third kappa shape index (κ3) is 3.82. The summed E-state index contributed by atoms with van der Waals surface area (Å²) >= 11 is 0. The van der Waals surface area contributed by atoms with Gasteiger partial charge in [-0.2, -0.15) is 0 Å². The molecule has 0 saturated carbocycles. The summed E-state index contributed by atoms with van der Waals surface area (Å²) in [5.41, 5.74) is 1.06. The van der Waals surface area contributed by atoms with E-state index < -0.39 is 0 Å². The number of epoxide rings is 3. The van der Waals surface area contributed by atoms with E-state index in [1.165, 1.54) is 0 Å². The van der Waals surface area contributed by atoms with Gasteiger partial charge in [-0.25, -0.2) is 0 Å². The first-order valence-electron chi connectivity index (χ1n) is 7.66. The van der Waals surface area contributed by atoms with Crippen LogP contribution in [0.1, 0.15) is 5.56 Å². The number of hydrogen-bond donors (Lipinski definition) is 0. The highest BCUT2D eigenvalue weighted by Gasteiger charge is 2.28. The molecule has 3 heterocycles. The minimum Gasteiger partial charge on any atom is -0.487 e. The third-order valence-corrected chi connectivity index (χ3v) is 3.64. The van der Waals surface area contributed by atoms with Crippen LogP contribution in [0.15, 0.2) is 12.1 Å². The van der Waals surface area contributed by atoms with E-state index in [0.29, 0.717) is 37.1 Å². The number of rotatable bonds is 9. The molecule has 0 aliphatic carbocycles. The average molecular weight is 308 g/mol. The van der Waals surface area contributed by atoms with E-state index in [9.17, 15) is 0 Å². The average Bonchev–Trinajstić information content (AvgIpc) is 3.38. The predicted molar refractivity (Wildman–Crippen MR) is 76.9 cm³/mol. The van der Waals surface area contributed by atoms with Crippen LogP contribution in [-0.2, 0) is 14.2 Å². The summed E-state index contributed by atoms with van der Waals surface area (Å²) in [7, 11) is 0. The zero-order valence-electron chi connectivity index (χ0n) is 12.6. The van der Waals surface area contributed by atoms with Gasteiger partial charge in [-0.1, -0.05) is 0 Å². The molecule has 0 amide bonds. The molecule has 3 unspecified atom stereocenters. The summed E-state index contributed by atoms with van der Waals surface area (Å²) in [6.45, 7) is 5.87. The molecule has 3 aliphatic rings. The van der Waals surface area contributed by atoms with Crippen molar-refractivity contribution in [3.05, 3.63) is 17.7 Å². The molecule has 6 nitrogen and oxygen atoms in total. The van der Waals surface area contributed by atoms with Crippen molar-refractivity contribution in [2.75, 3.05) is 39.6 Å². The van der Waals surface area contributed by atoms with Gasteiger partial charge in [-0.3, -0.25) is 0 Å². The maximum atomic E-state index is 5.90. The second kappa shape index (κ2) is 5.95. The van der Waals surface area contributed by atoms with Gasteiger partial charge in [-0.05, 0) is 24.6 Å². The molecule has 3 fully saturated rings. The molecule has 3 aliphatic heterocycles. The number of ether oxygens (including phenoxy) is 6. The summed E-state index contributed by atoms with van der Waals surface area (Å²) < 4.78 is 33.2. The van der Waals surface area contributed by atoms with Crippen molar-refractivity contribution in [1.82, 2.24) is 0 Å². The lowest BCUT2D eigenvalue weighted by atomic mass is 10.2. The normalized spacial score (nSPS) is 28.1. The topological polar surface area (TPSA) is 65.3 Å². The van der Waals surface area contributed by atoms with Gasteiger partial charge in [0.1, 0.15) is 38.1 Å². The molecule has 6 heteroatoms. The highest BCUT2D eigenvalue weighted by atomic mass is 16.6. The molecule has 1 aromatic carbocycles. The van der Waals surface area contributed by atoms with E-state index in [-0.39, 0.29) is 18.3 Å². The predicted octanol–water partition coefficient (Wildman–Crippen LogP) is 1.33. The molecular weight excluding hydrogens is 288 g/mol. The van der Waals surface area contributed by atoms with Gasteiger partial charge in [0.15, 0.2) is 11.5 Å². The van der Waals surface area contributed by atoms with Crippen molar-refractivity contribution in [3.63, 3.8) is 0 Å². The Morgan fingerprint density at radius 1 is 0.818 bits per heavy atom. The van der Waals surface area contributed by atoms with Gasteiger partial charge in [0, 0.05) is 0 Å². The maximum Gasteiger partial charge on any atom is 0.203 e. The van der Waals surface area contributed by atoms with Crippen molar-refractivity contribution in [2.24, 2.45) is 0 Å². The quantitative estimate of drug-likeness (QED) is 0.641. The largest absolute Gasteiger partial charge is 0.487 e. The van der Waals surface area contributed by atoms with Crippen LogP contribution in [0.3, 0.4) is 0 Å². The van der Waals surface area contributed by atoms with E-state index in [1.54, 1.807) is 0 Å². The molecule has 3 saturated heterocycles. The molecule has 4 rings (SSSR count). The van der Waals surface area contributed by atoms with Crippen LogP contribution in [0.5, 0.6) is 17.2 Å². The van der Waals surface area contributed by atoms with Gasteiger partial charge in [0.05, 0.1) is 19.8 Å². The van der Waals surface area contributed by atoms with E-state index in [1.807, 2.05) is 19.1 Å². The molecule has 0 bridgehead atoms. The lowest BCUT2D eigenvalue weighted by Gasteiger charge is -2.17. The van der Waals surface area contributed by atoms with Crippen LogP contribution in [0.2, 0.25) is 0 Å². The smallest absolute Gasteiger partial charge is 0.203 e. The third-order valence-electron chi connectivity index (χ3n) is 3.64. The van der Waals surface area contributed by atoms with E-state index in [2.05, 4.69) is 0 Å². The van der Waals surface area contributed by atoms with Gasteiger partial charge < -0.3 is 28.4 Å². The Balaban J connectivity index is 1.51. The lowest BCUT2D eigenvalue weighted by molar-refractivity contribution is 0.208. The highest BCUT2D eigenvalue weighted by molar-refractivity contribution is 5.53. The summed E-state index contributed by atoms with van der Waals surface area (Å²) in [4.78, 5) is 0. The lowest BCUT2D eigenvalue weighted by Crippen LogP contribution is -2.11. The first-order valence-corrected chi connectivity index (χ1v) is 7.66. The van der Waals surface area contributed by atoms with Crippen LogP contribution >= 0.6 is 0 Å². The summed E-state index contributed by atoms with van der Waals surface area (Å²) in [6.07, 6.45) is 0.578. The number of hydrogen-bond acceptors (Lipinski definition) is 6. The van der Waals surface area contributed by atoms with Gasteiger partial charge in [-0.15, -0.1) is 0 Å². The molecular formula is C16H20O6. The molecule has 0 N–H and O–H groups in total. The van der Waals surface area contributed by atoms with Crippen molar-refractivity contribution in [3.8, 4) is 17.2 Å². The summed E-state index contributed by atoms with van der Waals surface area (Å²) in [5, 5.41) is 0. The minimum atomic E-state index is 0.181. The van der Waals surface area contributed by atoms with Crippen LogP contribution in [0.4, 0.5) is 0 Å². The van der Waals surface area contributed by atoms with Crippen molar-refractivity contribution < 1.29 is 28.4 Å². The number of benzene rings is 1. The Labute approximate surface area is 129 Å². The molecule has 0 aromatic heterocycles. The first kappa shape index (κ1) is 14.1. The van der Waals surface area contributed by atoms with Crippen molar-refractivity contribution >= 4 is 0 Å². The van der Waals surface area contributed by atoms with E-state index in [0.717, 1.165) is 25.4 Å². The van der Waals surface area contributed by atoms with E-state index >= 15 is 0 Å². The van der Waals surface area contributed by atoms with Gasteiger partial charge in [0.2, 0.25) is 5.75 Å².